The van der Waals surface area contributed by atoms with Crippen molar-refractivity contribution in [1.29, 1.82) is 0 Å². The molecule has 79 valence electrons. The second-order valence-electron chi connectivity index (χ2n) is 3.80. The Morgan fingerprint density at radius 1 is 1.31 bits per heavy atom. The van der Waals surface area contributed by atoms with E-state index in [0.717, 1.165) is 12.5 Å². The molecule has 2 atom stereocenters. The topological polar surface area (TPSA) is 26.0 Å². The molecule has 0 rings (SSSR count). The lowest BCUT2D eigenvalue weighted by Crippen LogP contribution is -2.11. The van der Waals surface area contributed by atoms with Crippen LogP contribution in [0.25, 0.3) is 0 Å². The number of nitrogens with two attached hydrogens (primary N) is 1. The largest absolute Gasteiger partial charge is 0.330 e. The number of hydrogen-bond acceptors (Lipinski definition) is 2. The normalized spacial score (nSPS) is 13.6. The van der Waals surface area contributed by atoms with E-state index in [2.05, 4.69) is 20.1 Å². The summed E-state index contributed by atoms with van der Waals surface area (Å²) in [5.41, 5.74) is 5.47. The van der Waals surface area contributed by atoms with Gasteiger partial charge in [-0.15, -0.1) is 0 Å². The molecule has 0 aliphatic rings. The highest BCUT2D eigenvalue weighted by molar-refractivity contribution is 7.98. The minimum atomic E-state index is 0.588. The highest BCUT2D eigenvalue weighted by Gasteiger charge is 2.11. The molecule has 0 aromatic rings. The summed E-state index contributed by atoms with van der Waals surface area (Å²) in [7, 11) is 0. The van der Waals surface area contributed by atoms with Crippen molar-refractivity contribution in [1.82, 2.24) is 0 Å². The Bertz CT molecular complexity index is 104. The van der Waals surface area contributed by atoms with Gasteiger partial charge >= 0.3 is 0 Å². The fourth-order valence-corrected chi connectivity index (χ4v) is 2.07. The van der Waals surface area contributed by atoms with Crippen LogP contribution in [-0.4, -0.2) is 18.6 Å². The average molecular weight is 202 g/mol. The summed E-state index contributed by atoms with van der Waals surface area (Å²) in [5, 5.41) is 0. The van der Waals surface area contributed by atoms with Crippen LogP contribution in [0.4, 0.5) is 0 Å². The predicted octanol–water partition coefficient (Wildman–Crippen LogP) is 2.95. The van der Waals surface area contributed by atoms with Crippen molar-refractivity contribution in [2.75, 3.05) is 18.6 Å². The van der Waals surface area contributed by atoms with E-state index < -0.39 is 0 Å². The van der Waals surface area contributed by atoms with Crippen LogP contribution in [-0.2, 0) is 0 Å². The third-order valence-corrected chi connectivity index (χ3v) is 3.17. The van der Waals surface area contributed by atoms with Gasteiger partial charge in [0.1, 0.15) is 0 Å². The van der Waals surface area contributed by atoms with E-state index in [-0.39, 0.29) is 0 Å². The molecule has 13 heavy (non-hydrogen) atoms. The zero-order chi connectivity index (χ0) is 10.1. The highest BCUT2D eigenvalue weighted by Crippen LogP contribution is 2.22. The average Bonchev–Trinajstić information content (AvgIpc) is 2.10. The fourth-order valence-electron chi connectivity index (χ4n) is 1.53. The van der Waals surface area contributed by atoms with Gasteiger partial charge in [0.05, 0.1) is 0 Å². The Labute approximate surface area is 87.9 Å². The molecule has 0 heterocycles. The van der Waals surface area contributed by atoms with E-state index in [0.29, 0.717) is 5.92 Å². The summed E-state index contributed by atoms with van der Waals surface area (Å²) in [6.07, 6.45) is 7.24. The molecule has 0 aromatic heterocycles. The van der Waals surface area contributed by atoms with Gasteiger partial charge in [0, 0.05) is 0 Å². The van der Waals surface area contributed by atoms with Gasteiger partial charge in [-0.2, -0.15) is 11.8 Å². The van der Waals surface area contributed by atoms with Crippen molar-refractivity contribution in [3.63, 3.8) is 0 Å². The van der Waals surface area contributed by atoms with Crippen LogP contribution >= 0.6 is 11.8 Å². The molecular weight excluding hydrogens is 178 g/mol. The van der Waals surface area contributed by atoms with Crippen molar-refractivity contribution in [3.05, 3.63) is 6.92 Å². The summed E-state index contributed by atoms with van der Waals surface area (Å²) < 4.78 is 0. The van der Waals surface area contributed by atoms with Crippen molar-refractivity contribution >= 4 is 11.8 Å². The molecule has 2 heteroatoms. The molecule has 0 amide bonds. The lowest BCUT2D eigenvalue weighted by molar-refractivity contribution is 0.367. The van der Waals surface area contributed by atoms with E-state index in [1.54, 1.807) is 0 Å². The van der Waals surface area contributed by atoms with E-state index >= 15 is 0 Å². The summed E-state index contributed by atoms with van der Waals surface area (Å²) in [6.45, 7) is 7.19. The first-order valence-electron chi connectivity index (χ1n) is 5.24. The maximum atomic E-state index is 5.47. The quantitative estimate of drug-likeness (QED) is 0.612. The molecule has 0 saturated heterocycles. The maximum Gasteiger partial charge on any atom is -0.00676 e. The molecule has 1 nitrogen and oxygen atoms in total. The number of hydrogen-bond donors (Lipinski definition) is 1. The summed E-state index contributed by atoms with van der Waals surface area (Å²) in [4.78, 5) is 0. The first-order chi connectivity index (χ1) is 6.22. The van der Waals surface area contributed by atoms with Gasteiger partial charge in [-0.05, 0) is 43.2 Å². The zero-order valence-electron chi connectivity index (χ0n) is 9.09. The van der Waals surface area contributed by atoms with E-state index in [1.165, 1.54) is 31.4 Å². The molecule has 1 radical (unpaired) electrons. The Morgan fingerprint density at radius 3 is 2.46 bits per heavy atom. The van der Waals surface area contributed by atoms with Gasteiger partial charge in [0.25, 0.3) is 0 Å². The summed E-state index contributed by atoms with van der Waals surface area (Å²) in [6, 6.07) is 0. The van der Waals surface area contributed by atoms with Crippen LogP contribution in [0.15, 0.2) is 0 Å². The highest BCUT2D eigenvalue weighted by atomic mass is 32.2. The number of thioether (sulfide) groups is 1. The third-order valence-electron chi connectivity index (χ3n) is 2.53. The summed E-state index contributed by atoms with van der Waals surface area (Å²) >= 11 is 1.93. The maximum absolute atomic E-state index is 5.47. The minimum absolute atomic E-state index is 0.588. The molecule has 0 spiro atoms. The van der Waals surface area contributed by atoms with Crippen LogP contribution in [0.1, 0.15) is 32.6 Å². The Hall–Kier alpha value is 0.310. The first kappa shape index (κ1) is 13.3. The molecule has 0 aliphatic heterocycles. The SMILES string of the molecule is [CH2]C(C)C(CCCCN)CCSC. The summed E-state index contributed by atoms with van der Waals surface area (Å²) in [5.74, 6) is 2.66. The van der Waals surface area contributed by atoms with Gasteiger partial charge in [-0.25, -0.2) is 0 Å². The molecular formula is C11H24NS. The first-order valence-corrected chi connectivity index (χ1v) is 6.63. The van der Waals surface area contributed by atoms with Crippen LogP contribution < -0.4 is 5.73 Å². The molecule has 0 saturated carbocycles. The van der Waals surface area contributed by atoms with Crippen molar-refractivity contribution in [3.8, 4) is 0 Å². The van der Waals surface area contributed by atoms with Gasteiger partial charge in [-0.3, -0.25) is 0 Å². The lowest BCUT2D eigenvalue weighted by Gasteiger charge is -2.19. The number of unbranched alkanes of at least 4 members (excludes halogenated alkanes) is 1. The van der Waals surface area contributed by atoms with Gasteiger partial charge in [-0.1, -0.05) is 26.7 Å². The van der Waals surface area contributed by atoms with E-state index in [9.17, 15) is 0 Å². The van der Waals surface area contributed by atoms with Crippen molar-refractivity contribution < 1.29 is 0 Å². The molecule has 0 aromatic carbocycles. The smallest absolute Gasteiger partial charge is 0.00676 e. The molecule has 0 aliphatic carbocycles. The Morgan fingerprint density at radius 2 is 2.00 bits per heavy atom. The predicted molar refractivity (Wildman–Crippen MR) is 63.9 cm³/mol. The van der Waals surface area contributed by atoms with Crippen molar-refractivity contribution in [2.45, 2.75) is 32.6 Å². The molecule has 0 fully saturated rings. The lowest BCUT2D eigenvalue weighted by atomic mass is 9.88. The third kappa shape index (κ3) is 7.39. The van der Waals surface area contributed by atoms with Crippen LogP contribution in [0.2, 0.25) is 0 Å². The molecule has 0 bridgehead atoms. The van der Waals surface area contributed by atoms with Crippen molar-refractivity contribution in [2.24, 2.45) is 17.6 Å². The second-order valence-corrected chi connectivity index (χ2v) is 4.79. The van der Waals surface area contributed by atoms with E-state index in [4.69, 9.17) is 5.73 Å². The standard InChI is InChI=1S/C11H24NS/c1-10(2)11(7-9-13-3)6-4-5-8-12/h10-11H,1,4-9,12H2,2-3H3. The van der Waals surface area contributed by atoms with Gasteiger partial charge in [0.15, 0.2) is 0 Å². The van der Waals surface area contributed by atoms with Gasteiger partial charge in [0.2, 0.25) is 0 Å². The number of rotatable bonds is 8. The van der Waals surface area contributed by atoms with Gasteiger partial charge < -0.3 is 5.73 Å². The fraction of sp³-hybridized carbons (Fsp3) is 0.909. The Balaban J connectivity index is 3.54. The monoisotopic (exact) mass is 202 g/mol. The molecule has 2 N–H and O–H groups in total. The van der Waals surface area contributed by atoms with Crippen LogP contribution in [0, 0.1) is 18.8 Å². The van der Waals surface area contributed by atoms with Crippen LogP contribution in [0.3, 0.4) is 0 Å². The second kappa shape index (κ2) is 8.89. The molecule has 2 unspecified atom stereocenters. The minimum Gasteiger partial charge on any atom is -0.330 e. The zero-order valence-corrected chi connectivity index (χ0v) is 9.91. The Kier molecular flexibility index (Phi) is 9.10. The van der Waals surface area contributed by atoms with E-state index in [1.807, 2.05) is 11.8 Å². The van der Waals surface area contributed by atoms with Crippen LogP contribution in [0.5, 0.6) is 0 Å².